The van der Waals surface area contributed by atoms with Crippen molar-refractivity contribution in [3.05, 3.63) is 29.6 Å². The maximum Gasteiger partial charge on any atom is 0.131 e. The van der Waals surface area contributed by atoms with E-state index in [1.165, 1.54) is 6.07 Å². The minimum Gasteiger partial charge on any atom is -0.493 e. The molecule has 96 valence electrons. The molecule has 0 saturated heterocycles. The van der Waals surface area contributed by atoms with E-state index in [0.29, 0.717) is 24.3 Å². The molecule has 0 heterocycles. The van der Waals surface area contributed by atoms with Gasteiger partial charge < -0.3 is 15.2 Å². The van der Waals surface area contributed by atoms with Crippen LogP contribution in [0.2, 0.25) is 0 Å². The summed E-state index contributed by atoms with van der Waals surface area (Å²) in [5.74, 6) is 0.284. The van der Waals surface area contributed by atoms with Crippen LogP contribution in [0.1, 0.15) is 31.9 Å². The number of hydrogen-bond donors (Lipinski definition) is 2. The summed E-state index contributed by atoms with van der Waals surface area (Å²) in [5, 5.41) is 11.9. The van der Waals surface area contributed by atoms with Crippen molar-refractivity contribution >= 4 is 0 Å². The summed E-state index contributed by atoms with van der Waals surface area (Å²) in [6, 6.07) is 4.72. The van der Waals surface area contributed by atoms with E-state index < -0.39 is 0 Å². The Hall–Kier alpha value is -1.13. The standard InChI is InChI=1S/C13H20FNO2/c1-3-15-10(2)13-11(14)6-4-7-12(13)17-9-5-8-16/h4,6-7,10,15-16H,3,5,8-9H2,1-2H3. The highest BCUT2D eigenvalue weighted by molar-refractivity contribution is 5.37. The third kappa shape index (κ3) is 3.98. The lowest BCUT2D eigenvalue weighted by molar-refractivity contribution is 0.231. The number of hydrogen-bond acceptors (Lipinski definition) is 3. The van der Waals surface area contributed by atoms with E-state index in [0.717, 1.165) is 6.54 Å². The highest BCUT2D eigenvalue weighted by Gasteiger charge is 2.15. The number of aliphatic hydroxyl groups is 1. The Labute approximate surface area is 102 Å². The third-order valence-electron chi connectivity index (χ3n) is 2.52. The molecule has 1 atom stereocenters. The lowest BCUT2D eigenvalue weighted by atomic mass is 10.1. The lowest BCUT2D eigenvalue weighted by Gasteiger charge is -2.18. The van der Waals surface area contributed by atoms with Crippen molar-refractivity contribution in [2.75, 3.05) is 19.8 Å². The van der Waals surface area contributed by atoms with Crippen molar-refractivity contribution in [2.24, 2.45) is 0 Å². The van der Waals surface area contributed by atoms with Crippen LogP contribution in [-0.2, 0) is 0 Å². The summed E-state index contributed by atoms with van der Waals surface area (Å²) in [7, 11) is 0. The molecule has 1 rings (SSSR count). The first-order chi connectivity index (χ1) is 8.20. The number of aliphatic hydroxyl groups excluding tert-OH is 1. The molecule has 2 N–H and O–H groups in total. The summed E-state index contributed by atoms with van der Waals surface area (Å²) >= 11 is 0. The molecule has 0 fully saturated rings. The van der Waals surface area contributed by atoms with Crippen molar-refractivity contribution < 1.29 is 14.2 Å². The molecular weight excluding hydrogens is 221 g/mol. The topological polar surface area (TPSA) is 41.5 Å². The third-order valence-corrected chi connectivity index (χ3v) is 2.52. The van der Waals surface area contributed by atoms with Gasteiger partial charge in [-0.1, -0.05) is 13.0 Å². The second-order valence-electron chi connectivity index (χ2n) is 3.86. The van der Waals surface area contributed by atoms with Gasteiger partial charge in [-0.15, -0.1) is 0 Å². The Morgan fingerprint density at radius 1 is 1.47 bits per heavy atom. The molecule has 0 aromatic heterocycles. The molecule has 4 heteroatoms. The highest BCUT2D eigenvalue weighted by atomic mass is 19.1. The summed E-state index contributed by atoms with van der Waals surface area (Å²) < 4.78 is 19.2. The minimum atomic E-state index is -0.264. The van der Waals surface area contributed by atoms with Crippen LogP contribution < -0.4 is 10.1 Å². The Kier molecular flexibility index (Phi) is 5.94. The zero-order chi connectivity index (χ0) is 12.7. The SMILES string of the molecule is CCNC(C)c1c(F)cccc1OCCCO. The predicted molar refractivity (Wildman–Crippen MR) is 65.7 cm³/mol. The summed E-state index contributed by atoms with van der Waals surface area (Å²) in [4.78, 5) is 0. The molecule has 0 amide bonds. The van der Waals surface area contributed by atoms with Gasteiger partial charge in [0.05, 0.1) is 6.61 Å². The molecule has 0 bridgehead atoms. The number of ether oxygens (including phenoxy) is 1. The van der Waals surface area contributed by atoms with Crippen molar-refractivity contribution in [3.63, 3.8) is 0 Å². The second kappa shape index (κ2) is 7.25. The molecule has 0 aliphatic heterocycles. The van der Waals surface area contributed by atoms with Gasteiger partial charge in [-0.2, -0.15) is 0 Å². The fourth-order valence-corrected chi connectivity index (χ4v) is 1.72. The number of halogens is 1. The van der Waals surface area contributed by atoms with E-state index >= 15 is 0 Å². The molecule has 1 aromatic carbocycles. The van der Waals surface area contributed by atoms with E-state index in [1.807, 2.05) is 13.8 Å². The fourth-order valence-electron chi connectivity index (χ4n) is 1.72. The molecule has 0 aliphatic rings. The summed E-state index contributed by atoms with van der Waals surface area (Å²) in [6.45, 7) is 5.12. The van der Waals surface area contributed by atoms with Gasteiger partial charge in [-0.05, 0) is 25.6 Å². The zero-order valence-electron chi connectivity index (χ0n) is 10.4. The molecular formula is C13H20FNO2. The second-order valence-corrected chi connectivity index (χ2v) is 3.86. The van der Waals surface area contributed by atoms with E-state index in [1.54, 1.807) is 12.1 Å². The van der Waals surface area contributed by atoms with Crippen LogP contribution in [0.25, 0.3) is 0 Å². The molecule has 3 nitrogen and oxygen atoms in total. The van der Waals surface area contributed by atoms with Gasteiger partial charge in [0.2, 0.25) is 0 Å². The molecule has 0 radical (unpaired) electrons. The van der Waals surface area contributed by atoms with Crippen LogP contribution in [0.4, 0.5) is 4.39 Å². The normalized spacial score (nSPS) is 12.5. The van der Waals surface area contributed by atoms with Crippen LogP contribution >= 0.6 is 0 Å². The minimum absolute atomic E-state index is 0.0768. The Morgan fingerprint density at radius 2 is 2.24 bits per heavy atom. The van der Waals surface area contributed by atoms with Gasteiger partial charge in [-0.3, -0.25) is 0 Å². The van der Waals surface area contributed by atoms with Gasteiger partial charge in [0, 0.05) is 24.6 Å². The van der Waals surface area contributed by atoms with Gasteiger partial charge in [-0.25, -0.2) is 4.39 Å². The van der Waals surface area contributed by atoms with Gasteiger partial charge in [0.1, 0.15) is 11.6 Å². The maximum atomic E-state index is 13.8. The van der Waals surface area contributed by atoms with Gasteiger partial charge in [0.15, 0.2) is 0 Å². The molecule has 17 heavy (non-hydrogen) atoms. The lowest BCUT2D eigenvalue weighted by Crippen LogP contribution is -2.20. The largest absolute Gasteiger partial charge is 0.493 e. The predicted octanol–water partition coefficient (Wildman–Crippen LogP) is 2.26. The Bertz CT molecular complexity index is 344. The van der Waals surface area contributed by atoms with Crippen LogP contribution in [0.15, 0.2) is 18.2 Å². The average Bonchev–Trinajstić information content (AvgIpc) is 2.29. The molecule has 1 unspecified atom stereocenters. The first kappa shape index (κ1) is 13.9. The van der Waals surface area contributed by atoms with E-state index in [-0.39, 0.29) is 18.5 Å². The molecule has 0 saturated carbocycles. The molecule has 0 aliphatic carbocycles. The van der Waals surface area contributed by atoms with Crippen molar-refractivity contribution in [1.29, 1.82) is 0 Å². The van der Waals surface area contributed by atoms with E-state index in [9.17, 15) is 4.39 Å². The van der Waals surface area contributed by atoms with E-state index in [4.69, 9.17) is 9.84 Å². The quantitative estimate of drug-likeness (QED) is 0.719. The van der Waals surface area contributed by atoms with Crippen molar-refractivity contribution in [3.8, 4) is 5.75 Å². The first-order valence-corrected chi connectivity index (χ1v) is 5.96. The smallest absolute Gasteiger partial charge is 0.131 e. The van der Waals surface area contributed by atoms with Crippen LogP contribution in [-0.4, -0.2) is 24.9 Å². The number of benzene rings is 1. The van der Waals surface area contributed by atoms with E-state index in [2.05, 4.69) is 5.32 Å². The van der Waals surface area contributed by atoms with Crippen LogP contribution in [0.3, 0.4) is 0 Å². The Morgan fingerprint density at radius 3 is 2.88 bits per heavy atom. The number of nitrogens with one attached hydrogen (secondary N) is 1. The van der Waals surface area contributed by atoms with Crippen molar-refractivity contribution in [2.45, 2.75) is 26.3 Å². The van der Waals surface area contributed by atoms with Crippen molar-refractivity contribution in [1.82, 2.24) is 5.32 Å². The summed E-state index contributed by atoms with van der Waals surface area (Å²) in [5.41, 5.74) is 0.548. The summed E-state index contributed by atoms with van der Waals surface area (Å²) in [6.07, 6.45) is 0.547. The van der Waals surface area contributed by atoms with Crippen LogP contribution in [0.5, 0.6) is 5.75 Å². The van der Waals surface area contributed by atoms with Gasteiger partial charge in [0.25, 0.3) is 0 Å². The number of rotatable bonds is 7. The molecule has 0 spiro atoms. The molecule has 1 aromatic rings. The average molecular weight is 241 g/mol. The van der Waals surface area contributed by atoms with Gasteiger partial charge >= 0.3 is 0 Å². The monoisotopic (exact) mass is 241 g/mol. The fraction of sp³-hybridized carbons (Fsp3) is 0.538. The Balaban J connectivity index is 2.83. The van der Waals surface area contributed by atoms with Crippen LogP contribution in [0, 0.1) is 5.82 Å². The first-order valence-electron chi connectivity index (χ1n) is 5.96. The maximum absolute atomic E-state index is 13.8. The zero-order valence-corrected chi connectivity index (χ0v) is 10.4. The highest BCUT2D eigenvalue weighted by Crippen LogP contribution is 2.27.